The van der Waals surface area contributed by atoms with Gasteiger partial charge in [-0.15, -0.1) is 0 Å². The fraction of sp³-hybridized carbons (Fsp3) is 0.0476. The van der Waals surface area contributed by atoms with Crippen LogP contribution in [0.3, 0.4) is 0 Å². The minimum absolute atomic E-state index is 0.0367. The molecule has 6 rings (SSSR count). The van der Waals surface area contributed by atoms with Crippen molar-refractivity contribution in [2.75, 3.05) is 23.9 Å². The Hall–Kier alpha value is -7.41. The van der Waals surface area contributed by atoms with Crippen LogP contribution in [0, 0.1) is 17.5 Å². The summed E-state index contributed by atoms with van der Waals surface area (Å²) in [6.45, 7) is 1.26. The molecule has 0 spiro atoms. The van der Waals surface area contributed by atoms with E-state index in [0.29, 0.717) is 27.8 Å². The fourth-order valence-electron chi connectivity index (χ4n) is 5.21. The molecule has 13 heteroatoms. The molecule has 10 nitrogen and oxygen atoms in total. The zero-order valence-corrected chi connectivity index (χ0v) is 29.3. The summed E-state index contributed by atoms with van der Waals surface area (Å²) in [6.07, 6.45) is 0. The van der Waals surface area contributed by atoms with Gasteiger partial charge in [0.25, 0.3) is 0 Å². The molecule has 0 saturated carbocycles. The fourth-order valence-corrected chi connectivity index (χ4v) is 5.21. The monoisotopic (exact) mass is 749 g/mol. The Bertz CT molecular complexity index is 2340. The largest absolute Gasteiger partial charge is 0.478 e. The minimum atomic E-state index is -1.30. The van der Waals surface area contributed by atoms with Crippen LogP contribution in [0.4, 0.5) is 30.2 Å². The zero-order valence-electron chi connectivity index (χ0n) is 29.3. The molecule has 0 atom stereocenters. The maximum absolute atomic E-state index is 14.0. The smallest absolute Gasteiger partial charge is 0.340 e. The molecule has 7 N–H and O–H groups in total. The van der Waals surface area contributed by atoms with Gasteiger partial charge in [-0.3, -0.25) is 4.79 Å². The summed E-state index contributed by atoms with van der Waals surface area (Å²) in [4.78, 5) is 44.3. The Morgan fingerprint density at radius 3 is 1.25 bits per heavy atom. The Labute approximate surface area is 313 Å². The highest BCUT2D eigenvalue weighted by Crippen LogP contribution is 2.30. The molecule has 6 aromatic carbocycles. The normalized spacial score (nSPS) is 10.1. The first-order valence-corrected chi connectivity index (χ1v) is 16.2. The Morgan fingerprint density at radius 2 is 0.891 bits per heavy atom. The van der Waals surface area contributed by atoms with Crippen molar-refractivity contribution in [1.82, 2.24) is 0 Å². The Morgan fingerprint density at radius 1 is 0.545 bits per heavy atom. The van der Waals surface area contributed by atoms with Crippen LogP contribution in [0.25, 0.3) is 33.4 Å². The maximum atomic E-state index is 14.0. The van der Waals surface area contributed by atoms with Gasteiger partial charge >= 0.3 is 17.9 Å². The van der Waals surface area contributed by atoms with Gasteiger partial charge in [-0.1, -0.05) is 91.0 Å². The van der Waals surface area contributed by atoms with Crippen molar-refractivity contribution < 1.29 is 47.3 Å². The van der Waals surface area contributed by atoms with E-state index >= 15 is 0 Å². The number of hydrogen-bond acceptors (Lipinski definition) is 7. The first-order valence-electron chi connectivity index (χ1n) is 16.2. The molecule has 0 aliphatic carbocycles. The molecular weight excluding hydrogens is 715 g/mol. The lowest BCUT2D eigenvalue weighted by atomic mass is 10.0. The quantitative estimate of drug-likeness (QED) is 0.0787. The molecule has 0 fully saturated rings. The zero-order chi connectivity index (χ0) is 40.2. The summed E-state index contributed by atoms with van der Waals surface area (Å²) >= 11 is 0. The number of esters is 1. The van der Waals surface area contributed by atoms with Gasteiger partial charge in [-0.2, -0.15) is 0 Å². The number of methoxy groups -OCH3 is 1. The van der Waals surface area contributed by atoms with Crippen LogP contribution in [0.5, 0.6) is 0 Å². The molecule has 0 radical (unpaired) electrons. The molecule has 0 heterocycles. The number of carboxylic acid groups (broad SMARTS) is 2. The highest BCUT2D eigenvalue weighted by Gasteiger charge is 2.18. The van der Waals surface area contributed by atoms with E-state index in [1.165, 1.54) is 32.2 Å². The number of nitrogen functional groups attached to an aromatic ring is 2. The van der Waals surface area contributed by atoms with Gasteiger partial charge in [-0.05, 0) is 53.1 Å². The number of anilines is 3. The van der Waals surface area contributed by atoms with Gasteiger partial charge in [0.1, 0.15) is 17.5 Å². The van der Waals surface area contributed by atoms with Crippen LogP contribution in [-0.2, 0) is 9.53 Å². The summed E-state index contributed by atoms with van der Waals surface area (Å²) in [5.74, 6) is -5.35. The second kappa shape index (κ2) is 18.4. The van der Waals surface area contributed by atoms with E-state index in [0.717, 1.165) is 18.2 Å². The van der Waals surface area contributed by atoms with E-state index in [9.17, 15) is 32.3 Å². The van der Waals surface area contributed by atoms with Gasteiger partial charge < -0.3 is 31.7 Å². The lowest BCUT2D eigenvalue weighted by molar-refractivity contribution is -0.114. The molecular formula is C42H34F3N3O7. The molecule has 6 aromatic rings. The van der Waals surface area contributed by atoms with E-state index in [1.54, 1.807) is 78.9 Å². The molecule has 0 unspecified atom stereocenters. The summed E-state index contributed by atoms with van der Waals surface area (Å²) < 4.78 is 46.3. The second-order valence-electron chi connectivity index (χ2n) is 11.6. The number of halogens is 3. The van der Waals surface area contributed by atoms with Crippen molar-refractivity contribution in [2.45, 2.75) is 6.92 Å². The average Bonchev–Trinajstić information content (AvgIpc) is 3.17. The highest BCUT2D eigenvalue weighted by molar-refractivity contribution is 6.01. The van der Waals surface area contributed by atoms with Crippen LogP contribution in [-0.4, -0.2) is 41.1 Å². The van der Waals surface area contributed by atoms with Crippen LogP contribution in [0.15, 0.2) is 127 Å². The van der Waals surface area contributed by atoms with E-state index in [2.05, 4.69) is 10.1 Å². The van der Waals surface area contributed by atoms with Crippen molar-refractivity contribution >= 4 is 40.9 Å². The van der Waals surface area contributed by atoms with E-state index < -0.39 is 41.3 Å². The number of ether oxygens (including phenoxy) is 1. The number of nitrogens with one attached hydrogen (secondary N) is 1. The van der Waals surface area contributed by atoms with Gasteiger partial charge in [0, 0.05) is 35.0 Å². The summed E-state index contributed by atoms with van der Waals surface area (Å²) in [7, 11) is 1.23. The van der Waals surface area contributed by atoms with E-state index in [4.69, 9.17) is 21.7 Å². The third kappa shape index (κ3) is 10.4. The number of carbonyl (C=O) groups is 4. The van der Waals surface area contributed by atoms with Crippen LogP contribution < -0.4 is 16.8 Å². The first kappa shape index (κ1) is 40.4. The molecule has 0 aromatic heterocycles. The highest BCUT2D eigenvalue weighted by atomic mass is 19.1. The summed E-state index contributed by atoms with van der Waals surface area (Å²) in [5, 5.41) is 20.3. The first-order chi connectivity index (χ1) is 26.2. The van der Waals surface area contributed by atoms with Gasteiger partial charge in [0.15, 0.2) is 0 Å². The number of benzene rings is 6. The summed E-state index contributed by atoms with van der Waals surface area (Å²) in [6, 6.07) is 33.6. The Balaban J connectivity index is 0.000000184. The number of rotatable bonds is 7. The number of hydrogen-bond donors (Lipinski definition) is 5. The van der Waals surface area contributed by atoms with Crippen LogP contribution in [0.2, 0.25) is 0 Å². The SMILES string of the molecule is CC(=O)Nc1cc(-c2ccccc2)c(F)cc1C(=O)O.COC(=O)c1cc(F)c(-c2ccccc2)cc1N.Nc1cc(-c2ccccc2)c(F)cc1C(=O)O. The van der Waals surface area contributed by atoms with Gasteiger partial charge in [0.2, 0.25) is 5.91 Å². The minimum Gasteiger partial charge on any atom is -0.478 e. The topological polar surface area (TPSA) is 182 Å². The predicted octanol–water partition coefficient (Wildman–Crippen LogP) is 8.78. The van der Waals surface area contributed by atoms with Crippen molar-refractivity contribution in [2.24, 2.45) is 0 Å². The molecule has 0 bridgehead atoms. The standard InChI is InChI=1S/C15H12FNO3.C14H12FNO2.C13H10FNO2/c1-9(18)17-14-8-11(10-5-3-2-4-6-10)13(16)7-12(14)15(19)20;1-18-14(17)11-7-12(15)10(8-13(11)16)9-5-3-2-4-6-9;14-11-6-10(13(16)17)12(15)7-9(11)8-4-2-1-3-5-8/h2-8H,1H3,(H,17,18)(H,19,20);2-8H,16H2,1H3;1-7H,15H2,(H,16,17). The number of carbonyl (C=O) groups excluding carboxylic acids is 2. The second-order valence-corrected chi connectivity index (χ2v) is 11.6. The average molecular weight is 750 g/mol. The lowest BCUT2D eigenvalue weighted by Gasteiger charge is -2.11. The third-order valence-electron chi connectivity index (χ3n) is 7.82. The molecule has 1 amide bonds. The number of carboxylic acids is 2. The van der Waals surface area contributed by atoms with Gasteiger partial charge in [-0.25, -0.2) is 27.6 Å². The third-order valence-corrected chi connectivity index (χ3v) is 7.82. The van der Waals surface area contributed by atoms with E-state index in [-0.39, 0.29) is 39.3 Å². The van der Waals surface area contributed by atoms with Crippen LogP contribution in [0.1, 0.15) is 38.0 Å². The number of nitrogens with two attached hydrogens (primary N) is 2. The van der Waals surface area contributed by atoms with E-state index in [1.807, 2.05) is 12.1 Å². The molecule has 0 aliphatic heterocycles. The molecule has 55 heavy (non-hydrogen) atoms. The summed E-state index contributed by atoms with van der Waals surface area (Å²) in [5.41, 5.74) is 14.0. The maximum Gasteiger partial charge on any atom is 0.340 e. The van der Waals surface area contributed by atoms with Crippen molar-refractivity contribution in [3.05, 3.63) is 162 Å². The molecule has 280 valence electrons. The van der Waals surface area contributed by atoms with Crippen molar-refractivity contribution in [3.63, 3.8) is 0 Å². The molecule has 0 aliphatic rings. The number of aromatic carboxylic acids is 2. The number of amides is 1. The predicted molar refractivity (Wildman–Crippen MR) is 204 cm³/mol. The van der Waals surface area contributed by atoms with Crippen molar-refractivity contribution in [1.29, 1.82) is 0 Å². The van der Waals surface area contributed by atoms with Crippen molar-refractivity contribution in [3.8, 4) is 33.4 Å². The lowest BCUT2D eigenvalue weighted by Crippen LogP contribution is -2.11. The Kier molecular flexibility index (Phi) is 13.5. The molecule has 0 saturated heterocycles. The van der Waals surface area contributed by atoms with Gasteiger partial charge in [0.05, 0.1) is 29.5 Å². The van der Waals surface area contributed by atoms with Crippen LogP contribution >= 0.6 is 0 Å².